The number of likely N-dealkylation sites (tertiary alicyclic amines) is 1. The molecule has 3 aromatic carbocycles. The number of carbonyl (C=O) groups excluding carboxylic acids is 3. The first kappa shape index (κ1) is 39.0. The average Bonchev–Trinajstić information content (AvgIpc) is 3.55. The van der Waals surface area contributed by atoms with Gasteiger partial charge < -0.3 is 24.9 Å². The first-order valence-electron chi connectivity index (χ1n) is 20.5. The molecule has 3 aromatic rings. The first-order chi connectivity index (χ1) is 27.6. The average molecular weight is 795 g/mol. The van der Waals surface area contributed by atoms with Crippen molar-refractivity contribution in [2.24, 2.45) is 11.3 Å². The number of rotatable bonds is 8. The molecule has 0 aliphatic carbocycles. The van der Waals surface area contributed by atoms with Crippen LogP contribution in [0.2, 0.25) is 5.02 Å². The predicted octanol–water partition coefficient (Wildman–Crippen LogP) is 6.13. The lowest BCUT2D eigenvalue weighted by molar-refractivity contribution is -0.133. The van der Waals surface area contributed by atoms with Crippen molar-refractivity contribution in [3.05, 3.63) is 82.6 Å². The van der Waals surface area contributed by atoms with Crippen molar-refractivity contribution < 1.29 is 18.8 Å². The molecule has 11 nitrogen and oxygen atoms in total. The predicted molar refractivity (Wildman–Crippen MR) is 221 cm³/mol. The molecule has 300 valence electrons. The number of halogens is 2. The largest absolute Gasteiger partial charge is 0.374 e. The highest BCUT2D eigenvalue weighted by Crippen LogP contribution is 2.46. The molecule has 5 fully saturated rings. The van der Waals surface area contributed by atoms with Gasteiger partial charge in [-0.25, -0.2) is 4.39 Å². The van der Waals surface area contributed by atoms with Crippen LogP contribution in [0.3, 0.4) is 0 Å². The van der Waals surface area contributed by atoms with E-state index in [1.54, 1.807) is 12.1 Å². The summed E-state index contributed by atoms with van der Waals surface area (Å²) in [5.41, 5.74) is 4.96. The fraction of sp³-hybridized carbons (Fsp3) is 0.500. The van der Waals surface area contributed by atoms with Crippen LogP contribution in [-0.2, 0) is 9.59 Å². The van der Waals surface area contributed by atoms with Crippen molar-refractivity contribution in [1.29, 1.82) is 5.26 Å². The summed E-state index contributed by atoms with van der Waals surface area (Å²) in [6.07, 6.45) is 6.00. The standard InChI is InChI=1S/C44H52ClFN8O3/c1-30-26-44(29-54(30)36-8-4-33(27-47)37(45)25-36)14-18-51(19-15-44)35-6-2-32(3-7-35)43(57)53-16-12-31(13-17-53)28-50-20-22-52(23-21-50)40-24-34(5-9-38(40)46)48-39-10-11-41(55)49-42(39)56/h2-9,24-25,30-31,39,48H,10-23,26,28-29H2,1H3,(H,49,55,56). The number of amides is 3. The number of imide groups is 1. The Labute approximate surface area is 339 Å². The van der Waals surface area contributed by atoms with E-state index in [1.807, 2.05) is 35.2 Å². The van der Waals surface area contributed by atoms with Crippen LogP contribution in [0, 0.1) is 28.5 Å². The molecule has 1 spiro atoms. The van der Waals surface area contributed by atoms with Gasteiger partial charge in [0.1, 0.15) is 17.9 Å². The second-order valence-electron chi connectivity index (χ2n) is 16.8. The summed E-state index contributed by atoms with van der Waals surface area (Å²) < 4.78 is 15.0. The molecule has 0 bridgehead atoms. The molecule has 2 unspecified atom stereocenters. The third-order valence-electron chi connectivity index (χ3n) is 13.1. The summed E-state index contributed by atoms with van der Waals surface area (Å²) in [5.74, 6) is -0.285. The molecule has 2 N–H and O–H groups in total. The van der Waals surface area contributed by atoms with E-state index in [9.17, 15) is 24.0 Å². The molecular formula is C44H52ClFN8O3. The minimum Gasteiger partial charge on any atom is -0.374 e. The topological polar surface area (TPSA) is 115 Å². The molecule has 57 heavy (non-hydrogen) atoms. The van der Waals surface area contributed by atoms with Crippen molar-refractivity contribution in [2.75, 3.05) is 85.5 Å². The first-order valence-corrected chi connectivity index (χ1v) is 20.9. The van der Waals surface area contributed by atoms with E-state index in [2.05, 4.69) is 55.4 Å². The van der Waals surface area contributed by atoms with Gasteiger partial charge in [-0.3, -0.25) is 24.6 Å². The smallest absolute Gasteiger partial charge is 0.253 e. The molecule has 5 saturated heterocycles. The number of carbonyl (C=O) groups is 3. The van der Waals surface area contributed by atoms with Crippen LogP contribution in [-0.4, -0.2) is 105 Å². The van der Waals surface area contributed by atoms with Gasteiger partial charge in [-0.1, -0.05) is 11.6 Å². The van der Waals surface area contributed by atoms with Crippen LogP contribution in [0.25, 0.3) is 0 Å². The number of benzene rings is 3. The van der Waals surface area contributed by atoms with Crippen LogP contribution < -0.4 is 25.3 Å². The Morgan fingerprint density at radius 3 is 2.32 bits per heavy atom. The molecule has 3 amide bonds. The number of nitrogens with one attached hydrogen (secondary N) is 2. The molecule has 13 heteroatoms. The summed E-state index contributed by atoms with van der Waals surface area (Å²) in [6, 6.07) is 20.9. The van der Waals surface area contributed by atoms with Gasteiger partial charge in [-0.2, -0.15) is 5.26 Å². The van der Waals surface area contributed by atoms with Gasteiger partial charge in [0.2, 0.25) is 11.8 Å². The fourth-order valence-electron chi connectivity index (χ4n) is 9.77. The van der Waals surface area contributed by atoms with E-state index >= 15 is 0 Å². The Bertz CT molecular complexity index is 2020. The zero-order chi connectivity index (χ0) is 39.7. The Morgan fingerprint density at radius 1 is 0.912 bits per heavy atom. The highest BCUT2D eigenvalue weighted by Gasteiger charge is 2.44. The highest BCUT2D eigenvalue weighted by atomic mass is 35.5. The Balaban J connectivity index is 0.770. The van der Waals surface area contributed by atoms with Gasteiger partial charge in [0, 0.05) is 101 Å². The molecule has 2 atom stereocenters. The van der Waals surface area contributed by atoms with Crippen molar-refractivity contribution in [3.63, 3.8) is 0 Å². The van der Waals surface area contributed by atoms with E-state index in [4.69, 9.17) is 11.6 Å². The summed E-state index contributed by atoms with van der Waals surface area (Å²) >= 11 is 6.38. The summed E-state index contributed by atoms with van der Waals surface area (Å²) in [7, 11) is 0. The maximum atomic E-state index is 15.0. The van der Waals surface area contributed by atoms with Crippen molar-refractivity contribution in [3.8, 4) is 6.07 Å². The second-order valence-corrected chi connectivity index (χ2v) is 17.2. The maximum Gasteiger partial charge on any atom is 0.253 e. The van der Waals surface area contributed by atoms with Gasteiger partial charge in [0.25, 0.3) is 5.91 Å². The third kappa shape index (κ3) is 8.56. The molecule has 5 aliphatic heterocycles. The van der Waals surface area contributed by atoms with Crippen LogP contribution in [0.1, 0.15) is 67.8 Å². The number of nitrogens with zero attached hydrogens (tertiary/aromatic N) is 6. The summed E-state index contributed by atoms with van der Waals surface area (Å²) in [6.45, 7) is 10.8. The third-order valence-corrected chi connectivity index (χ3v) is 13.4. The molecule has 0 saturated carbocycles. The van der Waals surface area contributed by atoms with Gasteiger partial charge in [0.15, 0.2) is 0 Å². The Morgan fingerprint density at radius 2 is 1.63 bits per heavy atom. The minimum absolute atomic E-state index is 0.102. The molecule has 0 aromatic heterocycles. The normalized spacial score (nSPS) is 23.1. The molecule has 0 radical (unpaired) electrons. The maximum absolute atomic E-state index is 15.0. The summed E-state index contributed by atoms with van der Waals surface area (Å²) in [4.78, 5) is 48.7. The second kappa shape index (κ2) is 16.5. The van der Waals surface area contributed by atoms with Gasteiger partial charge in [-0.05, 0) is 117 Å². The van der Waals surface area contributed by atoms with E-state index in [-0.39, 0.29) is 35.4 Å². The van der Waals surface area contributed by atoms with E-state index in [0.29, 0.717) is 53.4 Å². The number of hydrogen-bond donors (Lipinski definition) is 2. The van der Waals surface area contributed by atoms with E-state index < -0.39 is 6.04 Å². The Hall–Kier alpha value is -4.86. The van der Waals surface area contributed by atoms with Gasteiger partial charge in [0.05, 0.1) is 16.3 Å². The molecular weight excluding hydrogens is 743 g/mol. The fourth-order valence-corrected chi connectivity index (χ4v) is 9.99. The summed E-state index contributed by atoms with van der Waals surface area (Å²) in [5, 5.41) is 15.3. The lowest BCUT2D eigenvalue weighted by Gasteiger charge is -2.40. The number of nitriles is 1. The lowest BCUT2D eigenvalue weighted by atomic mass is 9.76. The van der Waals surface area contributed by atoms with E-state index in [0.717, 1.165) is 95.7 Å². The molecule has 8 rings (SSSR count). The highest BCUT2D eigenvalue weighted by molar-refractivity contribution is 6.32. The minimum atomic E-state index is -0.516. The molecule has 5 aliphatic rings. The monoisotopic (exact) mass is 794 g/mol. The zero-order valence-corrected chi connectivity index (χ0v) is 33.4. The van der Waals surface area contributed by atoms with Crippen molar-refractivity contribution >= 4 is 52.1 Å². The quantitative estimate of drug-likeness (QED) is 0.260. The number of piperidine rings is 3. The van der Waals surface area contributed by atoms with E-state index in [1.165, 1.54) is 11.8 Å². The number of hydrogen-bond acceptors (Lipinski definition) is 9. The van der Waals surface area contributed by atoms with Crippen LogP contribution >= 0.6 is 11.6 Å². The van der Waals surface area contributed by atoms with Gasteiger partial charge >= 0.3 is 0 Å². The van der Waals surface area contributed by atoms with Crippen LogP contribution in [0.15, 0.2) is 60.7 Å². The molecule has 5 heterocycles. The number of piperazine rings is 1. The lowest BCUT2D eigenvalue weighted by Crippen LogP contribution is -2.49. The van der Waals surface area contributed by atoms with Crippen LogP contribution in [0.4, 0.5) is 27.1 Å². The number of anilines is 4. The van der Waals surface area contributed by atoms with Crippen molar-refractivity contribution in [1.82, 2.24) is 15.1 Å². The van der Waals surface area contributed by atoms with Crippen molar-refractivity contribution in [2.45, 2.75) is 64.0 Å². The van der Waals surface area contributed by atoms with Crippen LogP contribution in [0.5, 0.6) is 0 Å². The zero-order valence-electron chi connectivity index (χ0n) is 32.7. The Kier molecular flexibility index (Phi) is 11.3. The van der Waals surface area contributed by atoms with Gasteiger partial charge in [-0.15, -0.1) is 0 Å². The SMILES string of the molecule is CC1CC2(CCN(c3ccc(C(=O)N4CCC(CN5CCN(c6cc(NC7CCC(=O)NC7=O)ccc6F)CC5)CC4)cc3)CC2)CN1c1ccc(C#N)c(Cl)c1.